The number of hydrogen-bond donors (Lipinski definition) is 2. The summed E-state index contributed by atoms with van der Waals surface area (Å²) >= 11 is 0. The van der Waals surface area contributed by atoms with E-state index in [9.17, 15) is 0 Å². The van der Waals surface area contributed by atoms with Crippen molar-refractivity contribution in [3.63, 3.8) is 0 Å². The number of rotatable bonds is 15. The van der Waals surface area contributed by atoms with Gasteiger partial charge in [0.1, 0.15) is 0 Å². The van der Waals surface area contributed by atoms with Crippen molar-refractivity contribution in [1.29, 1.82) is 0 Å². The van der Waals surface area contributed by atoms with E-state index >= 15 is 0 Å². The molecule has 0 saturated heterocycles. The van der Waals surface area contributed by atoms with E-state index < -0.39 is 15.8 Å². The van der Waals surface area contributed by atoms with Crippen molar-refractivity contribution in [1.82, 2.24) is 10.6 Å². The third-order valence-electron chi connectivity index (χ3n) is 8.99. The van der Waals surface area contributed by atoms with Crippen LogP contribution in [0.2, 0.25) is 0 Å². The Kier molecular flexibility index (Phi) is 15.0. The molecule has 0 aliphatic rings. The zero-order valence-corrected chi connectivity index (χ0v) is 31.5. The van der Waals surface area contributed by atoms with E-state index in [1.165, 1.54) is 37.9 Å². The molecule has 0 fully saturated rings. The molecule has 7 rings (SSSR count). The van der Waals surface area contributed by atoms with Crippen molar-refractivity contribution in [2.45, 2.75) is 19.1 Å². The fourth-order valence-corrected chi connectivity index (χ4v) is 11.0. The summed E-state index contributed by atoms with van der Waals surface area (Å²) < 4.78 is 0. The predicted octanol–water partition coefficient (Wildman–Crippen LogP) is 9.56. The zero-order chi connectivity index (χ0) is 35.5. The average Bonchev–Trinajstić information content (AvgIpc) is 3.24. The maximum atomic E-state index is 4.01. The second-order valence-electron chi connectivity index (χ2n) is 12.5. The summed E-state index contributed by atoms with van der Waals surface area (Å²) in [4.78, 5) is 0. The van der Waals surface area contributed by atoms with Crippen LogP contribution in [-0.2, 0) is 13.1 Å². The molecule has 0 aliphatic heterocycles. The van der Waals surface area contributed by atoms with Crippen LogP contribution in [0.5, 0.6) is 0 Å². The first kappa shape index (κ1) is 37.1. The van der Waals surface area contributed by atoms with Crippen LogP contribution in [0.3, 0.4) is 0 Å². The summed E-state index contributed by atoms with van der Waals surface area (Å²) in [5, 5.41) is 13.5. The van der Waals surface area contributed by atoms with Crippen LogP contribution in [0.4, 0.5) is 0 Å². The van der Waals surface area contributed by atoms with Gasteiger partial charge in [-0.1, -0.05) is 212 Å². The SMILES string of the molecule is c1ccc(C(CP(c2ccccc2)c2ccccc2)NCc2ccccc2CNCCP(c2ccccc2)c2ccccc2)cc1.c1ccccc1. The summed E-state index contributed by atoms with van der Waals surface area (Å²) in [6, 6.07) is 76.2. The van der Waals surface area contributed by atoms with E-state index in [-0.39, 0.29) is 6.04 Å². The summed E-state index contributed by atoms with van der Waals surface area (Å²) in [6.07, 6.45) is 2.15. The van der Waals surface area contributed by atoms with Crippen molar-refractivity contribution >= 4 is 37.1 Å². The fraction of sp³-hybridized carbons (Fsp3) is 0.125. The smallest absolute Gasteiger partial charge is 0.0368 e. The van der Waals surface area contributed by atoms with Crippen LogP contribution in [-0.4, -0.2) is 18.9 Å². The number of benzene rings is 7. The summed E-state index contributed by atoms with van der Waals surface area (Å²) in [6.45, 7) is 2.66. The van der Waals surface area contributed by atoms with E-state index in [1.54, 1.807) is 0 Å². The summed E-state index contributed by atoms with van der Waals surface area (Å²) in [5.41, 5.74) is 4.06. The highest BCUT2D eigenvalue weighted by Gasteiger charge is 2.21. The van der Waals surface area contributed by atoms with Crippen molar-refractivity contribution in [3.05, 3.63) is 229 Å². The molecule has 1 atom stereocenters. The Morgan fingerprint density at radius 2 is 0.712 bits per heavy atom. The maximum absolute atomic E-state index is 4.01. The standard InChI is InChI=1S/C42H42N2P2.C6H6/c1-6-18-35(19-7-1)42(34-46(40-26-12-4-13-27-40)41-28-14-5-15-29-41)44-33-37-21-17-16-20-36(37)32-43-30-31-45(38-22-8-2-9-23-38)39-24-10-3-11-25-39;1-2-4-6-5-3-1/h1-29,42-44H,30-34H2;1-6H. The van der Waals surface area contributed by atoms with Gasteiger partial charge in [0, 0.05) is 19.1 Å². The third kappa shape index (κ3) is 11.4. The monoisotopic (exact) mass is 714 g/mol. The molecule has 52 heavy (non-hydrogen) atoms. The predicted molar refractivity (Wildman–Crippen MR) is 228 cm³/mol. The van der Waals surface area contributed by atoms with Crippen molar-refractivity contribution in [3.8, 4) is 0 Å². The molecule has 0 aromatic heterocycles. The second kappa shape index (κ2) is 21.0. The molecule has 0 amide bonds. The lowest BCUT2D eigenvalue weighted by Crippen LogP contribution is -2.28. The van der Waals surface area contributed by atoms with Gasteiger partial charge < -0.3 is 10.6 Å². The molecule has 0 heterocycles. The average molecular weight is 715 g/mol. The van der Waals surface area contributed by atoms with Gasteiger partial charge in [-0.05, 0) is 72.6 Å². The first-order chi connectivity index (χ1) is 25.8. The zero-order valence-electron chi connectivity index (χ0n) is 29.7. The molecule has 1 unspecified atom stereocenters. The molecule has 0 bridgehead atoms. The van der Waals surface area contributed by atoms with Gasteiger partial charge in [0.2, 0.25) is 0 Å². The molecule has 7 aromatic carbocycles. The lowest BCUT2D eigenvalue weighted by Gasteiger charge is -2.27. The summed E-state index contributed by atoms with van der Waals surface area (Å²) in [7, 11) is -0.932. The summed E-state index contributed by atoms with van der Waals surface area (Å²) in [5.74, 6) is 0. The minimum atomic E-state index is -0.532. The van der Waals surface area contributed by atoms with Crippen molar-refractivity contribution in [2.24, 2.45) is 0 Å². The van der Waals surface area contributed by atoms with Gasteiger partial charge >= 0.3 is 0 Å². The number of nitrogens with one attached hydrogen (secondary N) is 2. The lowest BCUT2D eigenvalue weighted by atomic mass is 10.1. The Balaban J connectivity index is 0.000000703. The normalized spacial score (nSPS) is 11.5. The second-order valence-corrected chi connectivity index (χ2v) is 17.1. The number of hydrogen-bond acceptors (Lipinski definition) is 2. The van der Waals surface area contributed by atoms with Gasteiger partial charge in [-0.2, -0.15) is 0 Å². The van der Waals surface area contributed by atoms with E-state index in [0.717, 1.165) is 32.0 Å². The van der Waals surface area contributed by atoms with Crippen molar-refractivity contribution < 1.29 is 0 Å². The van der Waals surface area contributed by atoms with Crippen molar-refractivity contribution in [2.75, 3.05) is 18.9 Å². The first-order valence-electron chi connectivity index (χ1n) is 18.2. The Bertz CT molecular complexity index is 1850. The van der Waals surface area contributed by atoms with E-state index in [0.29, 0.717) is 0 Å². The molecule has 7 aromatic rings. The maximum Gasteiger partial charge on any atom is 0.0368 e. The van der Waals surface area contributed by atoms with Crippen LogP contribution in [0.1, 0.15) is 22.7 Å². The lowest BCUT2D eigenvalue weighted by molar-refractivity contribution is 0.576. The van der Waals surface area contributed by atoms with E-state index in [4.69, 9.17) is 0 Å². The minimum absolute atomic E-state index is 0.231. The molecule has 260 valence electrons. The Labute approximate surface area is 313 Å². The van der Waals surface area contributed by atoms with Gasteiger partial charge in [-0.25, -0.2) is 0 Å². The fourth-order valence-electron chi connectivity index (χ4n) is 6.29. The molecule has 2 nitrogen and oxygen atoms in total. The van der Waals surface area contributed by atoms with E-state index in [1.807, 2.05) is 36.4 Å². The van der Waals surface area contributed by atoms with Gasteiger partial charge in [-0.3, -0.25) is 0 Å². The molecule has 2 N–H and O–H groups in total. The molecule has 0 radical (unpaired) electrons. The van der Waals surface area contributed by atoms with Gasteiger partial charge in [0.25, 0.3) is 0 Å². The Morgan fingerprint density at radius 1 is 0.365 bits per heavy atom. The molecule has 0 spiro atoms. The van der Waals surface area contributed by atoms with Crippen LogP contribution >= 0.6 is 15.8 Å². The topological polar surface area (TPSA) is 24.1 Å². The Hall–Kier alpha value is -4.68. The van der Waals surface area contributed by atoms with Crippen LogP contribution in [0, 0.1) is 0 Å². The molecular formula is C48H48N2P2. The van der Waals surface area contributed by atoms with Crippen LogP contribution < -0.4 is 31.9 Å². The van der Waals surface area contributed by atoms with Gasteiger partial charge in [0.05, 0.1) is 0 Å². The largest absolute Gasteiger partial charge is 0.312 e. The van der Waals surface area contributed by atoms with Crippen LogP contribution in [0.15, 0.2) is 212 Å². The minimum Gasteiger partial charge on any atom is -0.312 e. The van der Waals surface area contributed by atoms with Gasteiger partial charge in [0.15, 0.2) is 0 Å². The highest BCUT2D eigenvalue weighted by atomic mass is 31.1. The van der Waals surface area contributed by atoms with Crippen LogP contribution in [0.25, 0.3) is 0 Å². The Morgan fingerprint density at radius 3 is 1.15 bits per heavy atom. The molecular weight excluding hydrogens is 666 g/mol. The molecule has 0 aliphatic carbocycles. The third-order valence-corrected chi connectivity index (χ3v) is 14.1. The quantitative estimate of drug-likeness (QED) is 0.0817. The first-order valence-corrected chi connectivity index (χ1v) is 21.2. The molecule has 0 saturated carbocycles. The highest BCUT2D eigenvalue weighted by Crippen LogP contribution is 2.38. The van der Waals surface area contributed by atoms with Gasteiger partial charge in [-0.15, -0.1) is 0 Å². The highest BCUT2D eigenvalue weighted by molar-refractivity contribution is 7.73. The van der Waals surface area contributed by atoms with E-state index in [2.05, 4.69) is 187 Å². The molecule has 4 heteroatoms.